The third-order valence-corrected chi connectivity index (χ3v) is 3.71. The Hall–Kier alpha value is -0.830. The lowest BCUT2D eigenvalue weighted by Crippen LogP contribution is -2.19. The highest BCUT2D eigenvalue weighted by Gasteiger charge is 2.23. The summed E-state index contributed by atoms with van der Waals surface area (Å²) in [5.41, 5.74) is 0.319. The smallest absolute Gasteiger partial charge is 0.208 e. The van der Waals surface area contributed by atoms with E-state index in [1.165, 1.54) is 12.8 Å². The van der Waals surface area contributed by atoms with Gasteiger partial charge >= 0.3 is 0 Å². The van der Waals surface area contributed by atoms with Crippen molar-refractivity contribution in [3.05, 3.63) is 17.8 Å². The summed E-state index contributed by atoms with van der Waals surface area (Å²) < 4.78 is 5.75. The van der Waals surface area contributed by atoms with E-state index in [0.29, 0.717) is 17.4 Å². The first kappa shape index (κ1) is 12.6. The number of nitrogens with one attached hydrogen (secondary N) is 1. The molecular weight excluding hydrogens is 212 g/mol. The van der Waals surface area contributed by atoms with Crippen LogP contribution in [-0.4, -0.2) is 11.0 Å². The molecule has 1 N–H and O–H groups in total. The molecule has 1 unspecified atom stereocenters. The van der Waals surface area contributed by atoms with Crippen molar-refractivity contribution in [1.82, 2.24) is 10.3 Å². The van der Waals surface area contributed by atoms with Crippen LogP contribution in [0.1, 0.15) is 52.2 Å². The minimum Gasteiger partial charge on any atom is -0.444 e. The van der Waals surface area contributed by atoms with Gasteiger partial charge in [0.25, 0.3) is 0 Å². The average Bonchev–Trinajstić information content (AvgIpc) is 2.95. The topological polar surface area (TPSA) is 38.1 Å². The predicted octanol–water partition coefficient (Wildman–Crippen LogP) is 3.15. The lowest BCUT2D eigenvalue weighted by atomic mass is 9.80. The molecule has 1 aliphatic rings. The molecule has 0 aliphatic heterocycles. The van der Waals surface area contributed by atoms with Crippen molar-refractivity contribution in [1.29, 1.82) is 0 Å². The Kier molecular flexibility index (Phi) is 3.57. The van der Waals surface area contributed by atoms with E-state index in [1.54, 1.807) is 0 Å². The van der Waals surface area contributed by atoms with Crippen molar-refractivity contribution in [3.8, 4) is 0 Å². The largest absolute Gasteiger partial charge is 0.444 e. The molecule has 1 aromatic rings. The lowest BCUT2D eigenvalue weighted by Gasteiger charge is -2.26. The number of hydrogen-bond acceptors (Lipinski definition) is 3. The van der Waals surface area contributed by atoms with Gasteiger partial charge in [-0.1, -0.05) is 27.7 Å². The Labute approximate surface area is 104 Å². The summed E-state index contributed by atoms with van der Waals surface area (Å²) in [6.07, 6.45) is 5.45. The normalized spacial score (nSPS) is 18.4. The van der Waals surface area contributed by atoms with Crippen LogP contribution in [0.2, 0.25) is 0 Å². The number of rotatable bonds is 5. The van der Waals surface area contributed by atoms with Gasteiger partial charge in [0, 0.05) is 12.5 Å². The summed E-state index contributed by atoms with van der Waals surface area (Å²) >= 11 is 0. The molecule has 3 nitrogen and oxygen atoms in total. The summed E-state index contributed by atoms with van der Waals surface area (Å²) in [5.74, 6) is 2.44. The second-order valence-electron chi connectivity index (χ2n) is 6.35. The molecule has 0 spiro atoms. The van der Waals surface area contributed by atoms with E-state index < -0.39 is 0 Å². The SMILES string of the molecule is CC(Cc1cnc(CNC2CC2)o1)C(C)(C)C. The molecule has 0 aromatic carbocycles. The molecule has 1 atom stereocenters. The molecule has 1 aliphatic carbocycles. The van der Waals surface area contributed by atoms with Crippen LogP contribution in [-0.2, 0) is 13.0 Å². The Bertz CT molecular complexity index is 361. The maximum Gasteiger partial charge on any atom is 0.208 e. The molecule has 3 heteroatoms. The van der Waals surface area contributed by atoms with E-state index in [2.05, 4.69) is 38.0 Å². The third-order valence-electron chi connectivity index (χ3n) is 3.71. The fraction of sp³-hybridized carbons (Fsp3) is 0.786. The van der Waals surface area contributed by atoms with Gasteiger partial charge in [0.05, 0.1) is 12.7 Å². The molecular formula is C14H24N2O. The van der Waals surface area contributed by atoms with E-state index in [-0.39, 0.29) is 0 Å². The molecule has 0 amide bonds. The van der Waals surface area contributed by atoms with Gasteiger partial charge in [0.1, 0.15) is 5.76 Å². The summed E-state index contributed by atoms with van der Waals surface area (Å²) in [6.45, 7) is 9.84. The number of oxazole rings is 1. The van der Waals surface area contributed by atoms with Crippen LogP contribution >= 0.6 is 0 Å². The minimum absolute atomic E-state index is 0.319. The average molecular weight is 236 g/mol. The first-order chi connectivity index (χ1) is 7.95. The molecule has 0 radical (unpaired) electrons. The molecule has 0 bridgehead atoms. The maximum atomic E-state index is 5.75. The van der Waals surface area contributed by atoms with E-state index in [9.17, 15) is 0 Å². The summed E-state index contributed by atoms with van der Waals surface area (Å²) in [7, 11) is 0. The van der Waals surface area contributed by atoms with Crippen molar-refractivity contribution < 1.29 is 4.42 Å². The van der Waals surface area contributed by atoms with Crippen LogP contribution in [0.15, 0.2) is 10.6 Å². The quantitative estimate of drug-likeness (QED) is 0.853. The summed E-state index contributed by atoms with van der Waals surface area (Å²) in [6, 6.07) is 0.707. The monoisotopic (exact) mass is 236 g/mol. The molecule has 1 heterocycles. The Morgan fingerprint density at radius 2 is 2.18 bits per heavy atom. The van der Waals surface area contributed by atoms with Crippen molar-refractivity contribution >= 4 is 0 Å². The van der Waals surface area contributed by atoms with Crippen LogP contribution in [0.3, 0.4) is 0 Å². The first-order valence-corrected chi connectivity index (χ1v) is 6.62. The second kappa shape index (κ2) is 4.81. The lowest BCUT2D eigenvalue weighted by molar-refractivity contribution is 0.246. The fourth-order valence-electron chi connectivity index (χ4n) is 1.65. The zero-order chi connectivity index (χ0) is 12.5. The van der Waals surface area contributed by atoms with E-state index in [4.69, 9.17) is 4.42 Å². The Morgan fingerprint density at radius 1 is 1.47 bits per heavy atom. The van der Waals surface area contributed by atoms with Gasteiger partial charge in [0.2, 0.25) is 5.89 Å². The van der Waals surface area contributed by atoms with Crippen LogP contribution in [0, 0.1) is 11.3 Å². The van der Waals surface area contributed by atoms with Gasteiger partial charge in [-0.15, -0.1) is 0 Å². The van der Waals surface area contributed by atoms with Gasteiger partial charge < -0.3 is 9.73 Å². The van der Waals surface area contributed by atoms with E-state index in [1.807, 2.05) is 6.20 Å². The van der Waals surface area contributed by atoms with Crippen LogP contribution in [0.25, 0.3) is 0 Å². The zero-order valence-corrected chi connectivity index (χ0v) is 11.4. The highest BCUT2D eigenvalue weighted by Crippen LogP contribution is 2.28. The van der Waals surface area contributed by atoms with Gasteiger partial charge in [-0.25, -0.2) is 4.98 Å². The molecule has 1 saturated carbocycles. The van der Waals surface area contributed by atoms with Gasteiger partial charge in [-0.3, -0.25) is 0 Å². The Balaban J connectivity index is 1.84. The van der Waals surface area contributed by atoms with Crippen LogP contribution in [0.4, 0.5) is 0 Å². The van der Waals surface area contributed by atoms with Gasteiger partial charge in [-0.05, 0) is 24.2 Å². The fourth-order valence-corrected chi connectivity index (χ4v) is 1.65. The molecule has 2 rings (SSSR count). The Morgan fingerprint density at radius 3 is 2.76 bits per heavy atom. The summed E-state index contributed by atoms with van der Waals surface area (Å²) in [5, 5.41) is 3.41. The second-order valence-corrected chi connectivity index (χ2v) is 6.35. The van der Waals surface area contributed by atoms with Crippen LogP contribution < -0.4 is 5.32 Å². The highest BCUT2D eigenvalue weighted by atomic mass is 16.4. The van der Waals surface area contributed by atoms with Crippen molar-refractivity contribution in [2.45, 2.75) is 59.5 Å². The van der Waals surface area contributed by atoms with Crippen molar-refractivity contribution in [2.75, 3.05) is 0 Å². The van der Waals surface area contributed by atoms with E-state index >= 15 is 0 Å². The zero-order valence-electron chi connectivity index (χ0n) is 11.4. The van der Waals surface area contributed by atoms with E-state index in [0.717, 1.165) is 24.6 Å². The maximum absolute atomic E-state index is 5.75. The number of aromatic nitrogens is 1. The van der Waals surface area contributed by atoms with Gasteiger partial charge in [0.15, 0.2) is 0 Å². The molecule has 0 saturated heterocycles. The third kappa shape index (κ3) is 3.84. The molecule has 17 heavy (non-hydrogen) atoms. The summed E-state index contributed by atoms with van der Waals surface area (Å²) in [4.78, 5) is 4.32. The first-order valence-electron chi connectivity index (χ1n) is 6.62. The van der Waals surface area contributed by atoms with Gasteiger partial charge in [-0.2, -0.15) is 0 Å². The minimum atomic E-state index is 0.319. The predicted molar refractivity (Wildman–Crippen MR) is 68.7 cm³/mol. The highest BCUT2D eigenvalue weighted by molar-refractivity contribution is 4.97. The van der Waals surface area contributed by atoms with Crippen LogP contribution in [0.5, 0.6) is 0 Å². The molecule has 96 valence electrons. The number of hydrogen-bond donors (Lipinski definition) is 1. The van der Waals surface area contributed by atoms with Crippen molar-refractivity contribution in [3.63, 3.8) is 0 Å². The standard InChI is InChI=1S/C14H24N2O/c1-10(14(2,3)4)7-12-8-16-13(17-12)9-15-11-5-6-11/h8,10-11,15H,5-7,9H2,1-4H3. The molecule has 1 aromatic heterocycles. The number of nitrogens with zero attached hydrogens (tertiary/aromatic N) is 1. The van der Waals surface area contributed by atoms with Crippen molar-refractivity contribution in [2.24, 2.45) is 11.3 Å². The molecule has 1 fully saturated rings.